The van der Waals surface area contributed by atoms with Crippen molar-refractivity contribution < 1.29 is 4.79 Å². The predicted molar refractivity (Wildman–Crippen MR) is 130 cm³/mol. The van der Waals surface area contributed by atoms with Gasteiger partial charge in [-0.3, -0.25) is 4.79 Å². The average Bonchev–Trinajstić information content (AvgIpc) is 2.71. The molecule has 0 spiro atoms. The lowest BCUT2D eigenvalue weighted by molar-refractivity contribution is -0.119. The van der Waals surface area contributed by atoms with Crippen molar-refractivity contribution >= 4 is 5.78 Å². The lowest BCUT2D eigenvalue weighted by Crippen LogP contribution is -2.18. The molecule has 0 aromatic heterocycles. The van der Waals surface area contributed by atoms with E-state index in [4.69, 9.17) is 0 Å². The van der Waals surface area contributed by atoms with Crippen LogP contribution in [0.3, 0.4) is 0 Å². The Morgan fingerprint density at radius 1 is 0.724 bits per heavy atom. The summed E-state index contributed by atoms with van der Waals surface area (Å²) in [5, 5.41) is 0. The minimum atomic E-state index is 0.466. The second kappa shape index (κ2) is 20.5. The Kier molecular flexibility index (Phi) is 19.9. The van der Waals surface area contributed by atoms with Gasteiger partial charge in [0.15, 0.2) is 0 Å². The third-order valence-corrected chi connectivity index (χ3v) is 6.27. The quantitative estimate of drug-likeness (QED) is 0.167. The topological polar surface area (TPSA) is 20.3 Å². The maximum atomic E-state index is 11.7. The normalized spacial score (nSPS) is 12.1. The van der Waals surface area contributed by atoms with E-state index in [-0.39, 0.29) is 0 Å². The van der Waals surface area contributed by atoms with Gasteiger partial charge in [0.2, 0.25) is 0 Å². The van der Waals surface area contributed by atoms with Gasteiger partial charge >= 0.3 is 0 Å². The summed E-state index contributed by atoms with van der Waals surface area (Å²) >= 11 is 0. The van der Waals surface area contributed by atoms with Crippen molar-refractivity contribution in [1.29, 1.82) is 0 Å². The highest BCUT2D eigenvalue weighted by Crippen LogP contribution is 2.20. The van der Waals surface area contributed by atoms with Crippen molar-refractivity contribution in [3.8, 4) is 0 Å². The molecule has 1 unspecified atom stereocenters. The Labute approximate surface area is 183 Å². The van der Waals surface area contributed by atoms with Gasteiger partial charge in [0, 0.05) is 32.1 Å². The van der Waals surface area contributed by atoms with Crippen LogP contribution in [0.15, 0.2) is 12.3 Å². The first-order valence-corrected chi connectivity index (χ1v) is 12.9. The first kappa shape index (κ1) is 28.2. The summed E-state index contributed by atoms with van der Waals surface area (Å²) in [6.45, 7) is 12.3. The van der Waals surface area contributed by atoms with Gasteiger partial charge in [0.1, 0.15) is 5.78 Å². The summed E-state index contributed by atoms with van der Waals surface area (Å²) in [6, 6.07) is 0. The first-order chi connectivity index (χ1) is 14.0. The summed E-state index contributed by atoms with van der Waals surface area (Å²) in [6.07, 6.45) is 22.1. The Bertz CT molecular complexity index is 390. The fourth-order valence-corrected chi connectivity index (χ4v) is 3.88. The third kappa shape index (κ3) is 18.9. The monoisotopic (exact) mass is 407 g/mol. The highest BCUT2D eigenvalue weighted by molar-refractivity contribution is 5.78. The van der Waals surface area contributed by atoms with Gasteiger partial charge < -0.3 is 4.90 Å². The number of carbonyl (C=O) groups excluding carboxylic acids is 1. The number of rotatable bonds is 22. The van der Waals surface area contributed by atoms with E-state index < -0.39 is 0 Å². The van der Waals surface area contributed by atoms with Crippen molar-refractivity contribution in [2.24, 2.45) is 5.92 Å². The standard InChI is InChI=1S/C27H53NO/c1-6-8-10-11-13-16-19-25(3)22-23-26(4)28(5)24-18-15-12-14-17-21-27(29)20-9-7-2/h25H,4,6-24H2,1-3,5H3. The second-order valence-corrected chi connectivity index (χ2v) is 9.35. The summed E-state index contributed by atoms with van der Waals surface area (Å²) in [4.78, 5) is 14.0. The van der Waals surface area contributed by atoms with E-state index in [2.05, 4.69) is 39.3 Å². The molecule has 0 bridgehead atoms. The number of hydrogen-bond donors (Lipinski definition) is 0. The van der Waals surface area contributed by atoms with Crippen LogP contribution in [0.25, 0.3) is 0 Å². The lowest BCUT2D eigenvalue weighted by Gasteiger charge is -2.23. The second-order valence-electron chi connectivity index (χ2n) is 9.35. The number of ketones is 1. The van der Waals surface area contributed by atoms with E-state index in [1.54, 1.807) is 0 Å². The number of carbonyl (C=O) groups is 1. The average molecular weight is 408 g/mol. The molecule has 0 saturated heterocycles. The smallest absolute Gasteiger partial charge is 0.132 e. The maximum absolute atomic E-state index is 11.7. The Balaban J connectivity index is 3.56. The van der Waals surface area contributed by atoms with Gasteiger partial charge in [0.05, 0.1) is 0 Å². The van der Waals surface area contributed by atoms with Crippen LogP contribution in [0.5, 0.6) is 0 Å². The van der Waals surface area contributed by atoms with Crippen LogP contribution >= 0.6 is 0 Å². The molecule has 1 atom stereocenters. The van der Waals surface area contributed by atoms with E-state index in [9.17, 15) is 4.79 Å². The van der Waals surface area contributed by atoms with Gasteiger partial charge in [-0.2, -0.15) is 0 Å². The molecule has 0 fully saturated rings. The van der Waals surface area contributed by atoms with Crippen LogP contribution in [0.2, 0.25) is 0 Å². The molecule has 0 aliphatic carbocycles. The highest BCUT2D eigenvalue weighted by Gasteiger charge is 2.07. The molecule has 2 nitrogen and oxygen atoms in total. The van der Waals surface area contributed by atoms with Gasteiger partial charge in [-0.25, -0.2) is 0 Å². The van der Waals surface area contributed by atoms with Crippen molar-refractivity contribution in [1.82, 2.24) is 4.90 Å². The van der Waals surface area contributed by atoms with Crippen LogP contribution in [0.4, 0.5) is 0 Å². The Hall–Kier alpha value is -0.790. The van der Waals surface area contributed by atoms with Crippen molar-refractivity contribution in [2.75, 3.05) is 13.6 Å². The SMILES string of the molecule is C=C(CCC(C)CCCCCCCC)N(C)CCCCCCCC(=O)CCCC. The molecule has 0 aromatic rings. The third-order valence-electron chi connectivity index (χ3n) is 6.27. The van der Waals surface area contributed by atoms with E-state index in [1.165, 1.54) is 82.7 Å². The molecule has 172 valence electrons. The molecular weight excluding hydrogens is 354 g/mol. The number of allylic oxidation sites excluding steroid dienone is 1. The molecule has 0 amide bonds. The predicted octanol–water partition coefficient (Wildman–Crippen LogP) is 8.70. The zero-order valence-electron chi connectivity index (χ0n) is 20.6. The molecule has 2 heteroatoms. The zero-order chi connectivity index (χ0) is 21.7. The Morgan fingerprint density at radius 2 is 1.28 bits per heavy atom. The number of nitrogens with zero attached hydrogens (tertiary/aromatic N) is 1. The molecule has 0 aromatic carbocycles. The first-order valence-electron chi connectivity index (χ1n) is 12.9. The van der Waals surface area contributed by atoms with Crippen molar-refractivity contribution in [3.63, 3.8) is 0 Å². The highest BCUT2D eigenvalue weighted by atomic mass is 16.1. The number of Topliss-reactive ketones (excluding diaryl/α,β-unsaturated/α-hetero) is 1. The van der Waals surface area contributed by atoms with Crippen LogP contribution < -0.4 is 0 Å². The lowest BCUT2D eigenvalue weighted by atomic mass is 9.96. The van der Waals surface area contributed by atoms with Gasteiger partial charge in [-0.15, -0.1) is 0 Å². The van der Waals surface area contributed by atoms with Crippen LogP contribution in [-0.2, 0) is 4.79 Å². The van der Waals surface area contributed by atoms with Crippen molar-refractivity contribution in [3.05, 3.63) is 12.3 Å². The minimum absolute atomic E-state index is 0.466. The van der Waals surface area contributed by atoms with Crippen molar-refractivity contribution in [2.45, 2.75) is 136 Å². The summed E-state index contributed by atoms with van der Waals surface area (Å²) in [7, 11) is 2.20. The number of hydrogen-bond acceptors (Lipinski definition) is 2. The molecule has 0 aliphatic rings. The summed E-state index contributed by atoms with van der Waals surface area (Å²) in [5.41, 5.74) is 1.31. The fourth-order valence-electron chi connectivity index (χ4n) is 3.88. The number of unbranched alkanes of at least 4 members (excludes halogenated alkanes) is 10. The molecule has 0 aliphatic heterocycles. The molecule has 0 radical (unpaired) electrons. The molecule has 0 heterocycles. The molecule has 0 rings (SSSR count). The van der Waals surface area contributed by atoms with Gasteiger partial charge in [-0.1, -0.05) is 98.0 Å². The van der Waals surface area contributed by atoms with E-state index >= 15 is 0 Å². The summed E-state index contributed by atoms with van der Waals surface area (Å²) in [5.74, 6) is 1.29. The van der Waals surface area contributed by atoms with E-state index in [1.807, 2.05) is 0 Å². The minimum Gasteiger partial charge on any atom is -0.378 e. The molecule has 0 N–H and O–H groups in total. The van der Waals surface area contributed by atoms with Crippen LogP contribution in [-0.4, -0.2) is 24.3 Å². The molecule has 29 heavy (non-hydrogen) atoms. The van der Waals surface area contributed by atoms with E-state index in [0.717, 1.165) is 51.0 Å². The van der Waals surface area contributed by atoms with Crippen LogP contribution in [0, 0.1) is 5.92 Å². The van der Waals surface area contributed by atoms with Crippen LogP contribution in [0.1, 0.15) is 136 Å². The molecule has 0 saturated carbocycles. The zero-order valence-corrected chi connectivity index (χ0v) is 20.6. The van der Waals surface area contributed by atoms with E-state index in [0.29, 0.717) is 5.78 Å². The summed E-state index contributed by atoms with van der Waals surface area (Å²) < 4.78 is 0. The van der Waals surface area contributed by atoms with Gasteiger partial charge in [-0.05, 0) is 38.0 Å². The Morgan fingerprint density at radius 3 is 1.97 bits per heavy atom. The fraction of sp³-hybridized carbons (Fsp3) is 0.889. The molecular formula is C27H53NO. The largest absolute Gasteiger partial charge is 0.378 e. The van der Waals surface area contributed by atoms with Gasteiger partial charge in [0.25, 0.3) is 0 Å². The maximum Gasteiger partial charge on any atom is 0.132 e.